The molecular weight excluding hydrogens is 268 g/mol. The van der Waals surface area contributed by atoms with Crippen molar-refractivity contribution in [2.24, 2.45) is 0 Å². The van der Waals surface area contributed by atoms with E-state index >= 15 is 0 Å². The highest BCUT2D eigenvalue weighted by molar-refractivity contribution is 5.75. The second-order valence-corrected chi connectivity index (χ2v) is 5.33. The maximum Gasteiger partial charge on any atom is 0.253 e. The lowest BCUT2D eigenvalue weighted by molar-refractivity contribution is -0.121. The minimum Gasteiger partial charge on any atom is -0.353 e. The van der Waals surface area contributed by atoms with Crippen LogP contribution >= 0.6 is 0 Å². The van der Waals surface area contributed by atoms with E-state index in [4.69, 9.17) is 0 Å². The predicted molar refractivity (Wildman–Crippen MR) is 77.9 cm³/mol. The topological polar surface area (TPSA) is 68.9 Å². The van der Waals surface area contributed by atoms with Gasteiger partial charge < -0.3 is 9.88 Å². The normalized spacial score (nSPS) is 14.1. The molecule has 0 saturated heterocycles. The second-order valence-electron chi connectivity index (χ2n) is 5.33. The second kappa shape index (κ2) is 5.95. The molecule has 0 atom stereocenters. The van der Waals surface area contributed by atoms with Crippen LogP contribution in [0, 0.1) is 0 Å². The third kappa shape index (κ3) is 3.59. The maximum atomic E-state index is 11.9. The minimum absolute atomic E-state index is 0.0495. The molecule has 1 aliphatic carbocycles. The summed E-state index contributed by atoms with van der Waals surface area (Å²) in [4.78, 5) is 27.9. The van der Waals surface area contributed by atoms with Gasteiger partial charge in [-0.15, -0.1) is 0 Å². The molecule has 1 N–H and O–H groups in total. The van der Waals surface area contributed by atoms with E-state index in [2.05, 4.69) is 10.3 Å². The zero-order valence-electron chi connectivity index (χ0n) is 11.7. The molecule has 3 rings (SSSR count). The van der Waals surface area contributed by atoms with Gasteiger partial charge in [0.05, 0.1) is 12.0 Å². The molecule has 0 aromatic carbocycles. The van der Waals surface area contributed by atoms with Crippen LogP contribution in [0.25, 0.3) is 0 Å². The highest BCUT2D eigenvalue weighted by atomic mass is 16.2. The molecule has 0 aliphatic heterocycles. The Morgan fingerprint density at radius 2 is 2.10 bits per heavy atom. The summed E-state index contributed by atoms with van der Waals surface area (Å²) in [6.07, 6.45) is 7.51. The number of nitrogens with one attached hydrogen (secondary N) is 1. The van der Waals surface area contributed by atoms with Gasteiger partial charge in [-0.3, -0.25) is 14.2 Å². The summed E-state index contributed by atoms with van der Waals surface area (Å²) in [5, 5.41) is 2.80. The van der Waals surface area contributed by atoms with Crippen molar-refractivity contribution < 1.29 is 4.79 Å². The standard InChI is InChI=1S/C15H18N4O2/c20-14(10-18-6-1-2-7-18)16-5-8-19-11-17-13(9-15(19)21)12-3-4-12/h1-2,6-7,9,11-12H,3-5,8,10H2,(H,16,20). The average molecular weight is 286 g/mol. The van der Waals surface area contributed by atoms with Gasteiger partial charge in [0.2, 0.25) is 5.91 Å². The molecule has 0 spiro atoms. The number of carbonyl (C=O) groups is 1. The highest BCUT2D eigenvalue weighted by Crippen LogP contribution is 2.38. The zero-order valence-corrected chi connectivity index (χ0v) is 11.7. The molecule has 0 radical (unpaired) electrons. The zero-order chi connectivity index (χ0) is 14.7. The largest absolute Gasteiger partial charge is 0.353 e. The molecule has 2 aromatic rings. The van der Waals surface area contributed by atoms with Crippen molar-refractivity contribution in [1.82, 2.24) is 19.4 Å². The van der Waals surface area contributed by atoms with Crippen LogP contribution in [-0.4, -0.2) is 26.6 Å². The summed E-state index contributed by atoms with van der Waals surface area (Å²) in [5.74, 6) is 0.412. The Morgan fingerprint density at radius 1 is 1.33 bits per heavy atom. The van der Waals surface area contributed by atoms with Crippen LogP contribution in [-0.2, 0) is 17.9 Å². The van der Waals surface area contributed by atoms with Gasteiger partial charge in [-0.2, -0.15) is 0 Å². The number of aromatic nitrogens is 3. The number of hydrogen-bond donors (Lipinski definition) is 1. The monoisotopic (exact) mass is 286 g/mol. The van der Waals surface area contributed by atoms with E-state index in [1.807, 2.05) is 24.5 Å². The van der Waals surface area contributed by atoms with Gasteiger partial charge in [-0.05, 0) is 25.0 Å². The SMILES string of the molecule is O=C(Cn1cccc1)NCCn1cnc(C2CC2)cc1=O. The number of hydrogen-bond acceptors (Lipinski definition) is 3. The average Bonchev–Trinajstić information content (AvgIpc) is 3.19. The van der Waals surface area contributed by atoms with Crippen molar-refractivity contribution in [1.29, 1.82) is 0 Å². The molecule has 2 heterocycles. The Kier molecular flexibility index (Phi) is 3.85. The van der Waals surface area contributed by atoms with Crippen molar-refractivity contribution in [3.8, 4) is 0 Å². The first-order chi connectivity index (χ1) is 10.2. The lowest BCUT2D eigenvalue weighted by Crippen LogP contribution is -2.32. The fourth-order valence-corrected chi connectivity index (χ4v) is 2.22. The first-order valence-electron chi connectivity index (χ1n) is 7.16. The fourth-order valence-electron chi connectivity index (χ4n) is 2.22. The first kappa shape index (κ1) is 13.6. The van der Waals surface area contributed by atoms with Crippen molar-refractivity contribution in [3.05, 3.63) is 53.0 Å². The number of carbonyl (C=O) groups excluding carboxylic acids is 1. The maximum absolute atomic E-state index is 11.9. The predicted octanol–water partition coefficient (Wildman–Crippen LogP) is 0.739. The number of nitrogens with zero attached hydrogens (tertiary/aromatic N) is 3. The Hall–Kier alpha value is -2.37. The molecule has 1 aliphatic rings. The van der Waals surface area contributed by atoms with E-state index in [-0.39, 0.29) is 11.5 Å². The summed E-state index contributed by atoms with van der Waals surface area (Å²) in [6.45, 7) is 1.15. The molecule has 2 aromatic heterocycles. The van der Waals surface area contributed by atoms with E-state index in [1.54, 1.807) is 17.0 Å². The van der Waals surface area contributed by atoms with Crippen LogP contribution in [0.2, 0.25) is 0 Å². The third-order valence-corrected chi connectivity index (χ3v) is 3.56. The van der Waals surface area contributed by atoms with E-state index in [9.17, 15) is 9.59 Å². The molecule has 6 nitrogen and oxygen atoms in total. The number of amides is 1. The molecule has 1 saturated carbocycles. The molecular formula is C15H18N4O2. The molecule has 21 heavy (non-hydrogen) atoms. The van der Waals surface area contributed by atoms with E-state index in [0.717, 1.165) is 18.5 Å². The first-order valence-corrected chi connectivity index (χ1v) is 7.16. The van der Waals surface area contributed by atoms with Crippen LogP contribution in [0.4, 0.5) is 0 Å². The van der Waals surface area contributed by atoms with E-state index < -0.39 is 0 Å². The van der Waals surface area contributed by atoms with Crippen molar-refractivity contribution in [3.63, 3.8) is 0 Å². The van der Waals surface area contributed by atoms with Crippen LogP contribution in [0.3, 0.4) is 0 Å². The molecule has 1 fully saturated rings. The summed E-state index contributed by atoms with van der Waals surface area (Å²) in [7, 11) is 0. The Balaban J connectivity index is 1.48. The van der Waals surface area contributed by atoms with Gasteiger partial charge in [0.25, 0.3) is 5.56 Å². The van der Waals surface area contributed by atoms with Crippen LogP contribution in [0.1, 0.15) is 24.5 Å². The molecule has 0 bridgehead atoms. The molecule has 0 unspecified atom stereocenters. The van der Waals surface area contributed by atoms with Crippen molar-refractivity contribution in [2.75, 3.05) is 6.54 Å². The van der Waals surface area contributed by atoms with Gasteiger partial charge in [-0.25, -0.2) is 4.98 Å². The lowest BCUT2D eigenvalue weighted by Gasteiger charge is -2.08. The van der Waals surface area contributed by atoms with E-state index in [1.165, 1.54) is 4.57 Å². The van der Waals surface area contributed by atoms with Crippen LogP contribution < -0.4 is 10.9 Å². The number of rotatable bonds is 6. The fraction of sp³-hybridized carbons (Fsp3) is 0.400. The van der Waals surface area contributed by atoms with Crippen molar-refractivity contribution in [2.45, 2.75) is 31.8 Å². The summed E-state index contributed by atoms with van der Waals surface area (Å²) >= 11 is 0. The van der Waals surface area contributed by atoms with Gasteiger partial charge in [0.15, 0.2) is 0 Å². The van der Waals surface area contributed by atoms with E-state index in [0.29, 0.717) is 25.6 Å². The van der Waals surface area contributed by atoms with Gasteiger partial charge >= 0.3 is 0 Å². The summed E-state index contributed by atoms with van der Waals surface area (Å²) in [6, 6.07) is 5.36. The Bertz CT molecular complexity index is 671. The smallest absolute Gasteiger partial charge is 0.253 e. The Labute approximate surface area is 122 Å². The molecule has 1 amide bonds. The minimum atomic E-state index is -0.0678. The third-order valence-electron chi connectivity index (χ3n) is 3.56. The van der Waals surface area contributed by atoms with Gasteiger partial charge in [0, 0.05) is 37.5 Å². The quantitative estimate of drug-likeness (QED) is 0.851. The van der Waals surface area contributed by atoms with Crippen molar-refractivity contribution >= 4 is 5.91 Å². The lowest BCUT2D eigenvalue weighted by atomic mass is 10.3. The molecule has 6 heteroatoms. The van der Waals surface area contributed by atoms with Crippen LogP contribution in [0.15, 0.2) is 41.7 Å². The summed E-state index contributed by atoms with van der Waals surface area (Å²) in [5.41, 5.74) is 0.847. The van der Waals surface area contributed by atoms with Gasteiger partial charge in [-0.1, -0.05) is 0 Å². The van der Waals surface area contributed by atoms with Gasteiger partial charge in [0.1, 0.15) is 6.54 Å². The highest BCUT2D eigenvalue weighted by Gasteiger charge is 2.25. The van der Waals surface area contributed by atoms with Crippen LogP contribution in [0.5, 0.6) is 0 Å². The Morgan fingerprint density at radius 3 is 2.76 bits per heavy atom. The summed E-state index contributed by atoms with van der Waals surface area (Å²) < 4.78 is 3.33. The molecule has 110 valence electrons.